The Hall–Kier alpha value is -1.92. The highest BCUT2D eigenvalue weighted by atomic mass is 16.6. The quantitative estimate of drug-likeness (QED) is 0.658. The van der Waals surface area contributed by atoms with E-state index in [0.717, 1.165) is 31.8 Å². The average Bonchev–Trinajstić information content (AvgIpc) is 2.47. The van der Waals surface area contributed by atoms with Crippen LogP contribution in [-0.4, -0.2) is 35.0 Å². The summed E-state index contributed by atoms with van der Waals surface area (Å²) in [5, 5.41) is 14.0. The summed E-state index contributed by atoms with van der Waals surface area (Å²) < 4.78 is 0. The van der Waals surface area contributed by atoms with Gasteiger partial charge in [0.15, 0.2) is 0 Å². The number of aromatic nitrogens is 2. The summed E-state index contributed by atoms with van der Waals surface area (Å²) >= 11 is 0. The molecule has 0 aliphatic carbocycles. The van der Waals surface area contributed by atoms with Crippen molar-refractivity contribution in [1.82, 2.24) is 9.97 Å². The van der Waals surface area contributed by atoms with Gasteiger partial charge in [-0.3, -0.25) is 10.1 Å². The fourth-order valence-electron chi connectivity index (χ4n) is 2.79. The minimum absolute atomic E-state index is 0.0241. The van der Waals surface area contributed by atoms with Gasteiger partial charge in [0, 0.05) is 20.1 Å². The molecule has 20 heavy (non-hydrogen) atoms. The fraction of sp³-hybridized carbons (Fsp3) is 0.692. The smallest absolute Gasteiger partial charge is 0.353 e. The summed E-state index contributed by atoms with van der Waals surface area (Å²) in [5.41, 5.74) is -0.0241. The van der Waals surface area contributed by atoms with Gasteiger partial charge in [-0.2, -0.15) is 0 Å². The van der Waals surface area contributed by atoms with E-state index in [2.05, 4.69) is 22.2 Å². The lowest BCUT2D eigenvalue weighted by atomic mass is 9.92. The van der Waals surface area contributed by atoms with Gasteiger partial charge in [-0.15, -0.1) is 0 Å². The summed E-state index contributed by atoms with van der Waals surface area (Å²) in [6.07, 6.45) is 5.96. The summed E-state index contributed by atoms with van der Waals surface area (Å²) in [4.78, 5) is 20.9. The topological polar surface area (TPSA) is 84.2 Å². The van der Waals surface area contributed by atoms with Gasteiger partial charge in [-0.25, -0.2) is 9.97 Å². The lowest BCUT2D eigenvalue weighted by Crippen LogP contribution is -2.34. The fourth-order valence-corrected chi connectivity index (χ4v) is 2.79. The standard InChI is InChI=1S/C13H21N5O2/c1-3-4-10-5-7-17(8-6-10)13-11(18(19)20)12(14-2)15-9-16-13/h9-10H,3-8H2,1-2H3,(H,14,15,16). The van der Waals surface area contributed by atoms with E-state index < -0.39 is 4.92 Å². The van der Waals surface area contributed by atoms with E-state index in [4.69, 9.17) is 0 Å². The van der Waals surface area contributed by atoms with Crippen LogP contribution in [0.2, 0.25) is 0 Å². The molecule has 7 heteroatoms. The molecule has 7 nitrogen and oxygen atoms in total. The molecule has 1 saturated heterocycles. The Morgan fingerprint density at radius 1 is 1.45 bits per heavy atom. The second-order valence-electron chi connectivity index (χ2n) is 5.12. The van der Waals surface area contributed by atoms with E-state index >= 15 is 0 Å². The van der Waals surface area contributed by atoms with Crippen LogP contribution in [0.25, 0.3) is 0 Å². The van der Waals surface area contributed by atoms with Crippen molar-refractivity contribution < 1.29 is 4.92 Å². The van der Waals surface area contributed by atoms with E-state index in [1.54, 1.807) is 7.05 Å². The molecule has 2 heterocycles. The molecule has 0 amide bonds. The maximum Gasteiger partial charge on any atom is 0.353 e. The predicted octanol–water partition coefficient (Wildman–Crippen LogP) is 2.44. The first-order valence-electron chi connectivity index (χ1n) is 7.09. The first-order chi connectivity index (χ1) is 9.67. The molecular weight excluding hydrogens is 258 g/mol. The number of piperidine rings is 1. The molecule has 0 spiro atoms. The second-order valence-corrected chi connectivity index (χ2v) is 5.12. The zero-order chi connectivity index (χ0) is 14.5. The molecule has 0 unspecified atom stereocenters. The Balaban J connectivity index is 2.19. The largest absolute Gasteiger partial charge is 0.367 e. The molecule has 0 atom stereocenters. The number of anilines is 2. The molecule has 1 aromatic rings. The number of hydrogen-bond acceptors (Lipinski definition) is 6. The lowest BCUT2D eigenvalue weighted by molar-refractivity contribution is -0.383. The van der Waals surface area contributed by atoms with Crippen molar-refractivity contribution in [3.63, 3.8) is 0 Å². The summed E-state index contributed by atoms with van der Waals surface area (Å²) in [7, 11) is 1.63. The molecule has 1 aliphatic rings. The van der Waals surface area contributed by atoms with Crippen LogP contribution in [-0.2, 0) is 0 Å². The molecule has 0 bridgehead atoms. The van der Waals surface area contributed by atoms with E-state index in [-0.39, 0.29) is 11.5 Å². The van der Waals surface area contributed by atoms with Gasteiger partial charge in [0.25, 0.3) is 0 Å². The van der Waals surface area contributed by atoms with Crippen molar-refractivity contribution >= 4 is 17.3 Å². The Kier molecular flexibility index (Phi) is 4.70. The normalized spacial score (nSPS) is 16.2. The van der Waals surface area contributed by atoms with Crippen molar-refractivity contribution in [1.29, 1.82) is 0 Å². The Labute approximate surface area is 118 Å². The molecule has 0 aromatic carbocycles. The summed E-state index contributed by atoms with van der Waals surface area (Å²) in [6, 6.07) is 0. The number of nitrogens with one attached hydrogen (secondary N) is 1. The minimum atomic E-state index is -0.403. The van der Waals surface area contributed by atoms with Gasteiger partial charge in [-0.05, 0) is 18.8 Å². The predicted molar refractivity (Wildman–Crippen MR) is 78.1 cm³/mol. The average molecular weight is 279 g/mol. The third-order valence-corrected chi connectivity index (χ3v) is 3.83. The van der Waals surface area contributed by atoms with Crippen LogP contribution in [0.3, 0.4) is 0 Å². The second kappa shape index (κ2) is 6.49. The third kappa shape index (κ3) is 2.97. The van der Waals surface area contributed by atoms with Gasteiger partial charge < -0.3 is 10.2 Å². The lowest BCUT2D eigenvalue weighted by Gasteiger charge is -2.32. The monoisotopic (exact) mass is 279 g/mol. The Bertz CT molecular complexity index is 472. The SMILES string of the molecule is CCCC1CCN(c2ncnc(NC)c2[N+](=O)[O-])CC1. The van der Waals surface area contributed by atoms with E-state index in [1.165, 1.54) is 19.2 Å². The number of hydrogen-bond donors (Lipinski definition) is 1. The summed E-state index contributed by atoms with van der Waals surface area (Å²) in [6.45, 7) is 3.85. The van der Waals surface area contributed by atoms with Crippen molar-refractivity contribution in [2.24, 2.45) is 5.92 Å². The number of nitrogens with zero attached hydrogens (tertiary/aromatic N) is 4. The van der Waals surface area contributed by atoms with Crippen molar-refractivity contribution in [3.8, 4) is 0 Å². The number of rotatable bonds is 5. The highest BCUT2D eigenvalue weighted by Crippen LogP contribution is 2.34. The van der Waals surface area contributed by atoms with Gasteiger partial charge in [-0.1, -0.05) is 19.8 Å². The maximum absolute atomic E-state index is 11.3. The molecule has 110 valence electrons. The highest BCUT2D eigenvalue weighted by Gasteiger charge is 2.29. The van der Waals surface area contributed by atoms with Crippen molar-refractivity contribution in [2.45, 2.75) is 32.6 Å². The van der Waals surface area contributed by atoms with Crippen LogP contribution >= 0.6 is 0 Å². The molecule has 1 fully saturated rings. The zero-order valence-electron chi connectivity index (χ0n) is 12.0. The maximum atomic E-state index is 11.3. The van der Waals surface area contributed by atoms with E-state index in [0.29, 0.717) is 5.82 Å². The number of nitro groups is 1. The third-order valence-electron chi connectivity index (χ3n) is 3.83. The van der Waals surface area contributed by atoms with Crippen LogP contribution in [0, 0.1) is 16.0 Å². The molecule has 2 rings (SSSR count). The Morgan fingerprint density at radius 3 is 2.70 bits per heavy atom. The van der Waals surface area contributed by atoms with Crippen LogP contribution in [0.4, 0.5) is 17.3 Å². The first-order valence-corrected chi connectivity index (χ1v) is 7.09. The van der Waals surface area contributed by atoms with E-state index in [9.17, 15) is 10.1 Å². The van der Waals surface area contributed by atoms with E-state index in [1.807, 2.05) is 4.90 Å². The van der Waals surface area contributed by atoms with Crippen molar-refractivity contribution in [2.75, 3.05) is 30.4 Å². The molecule has 0 saturated carbocycles. The van der Waals surface area contributed by atoms with Gasteiger partial charge in [0.1, 0.15) is 6.33 Å². The highest BCUT2D eigenvalue weighted by molar-refractivity contribution is 5.70. The van der Waals surface area contributed by atoms with Crippen LogP contribution < -0.4 is 10.2 Å². The molecule has 1 aliphatic heterocycles. The molecule has 1 aromatic heterocycles. The zero-order valence-corrected chi connectivity index (χ0v) is 12.0. The van der Waals surface area contributed by atoms with Crippen LogP contribution in [0.5, 0.6) is 0 Å². The van der Waals surface area contributed by atoms with Gasteiger partial charge in [0.05, 0.1) is 4.92 Å². The van der Waals surface area contributed by atoms with Gasteiger partial charge in [0.2, 0.25) is 11.6 Å². The van der Waals surface area contributed by atoms with Crippen LogP contribution in [0.15, 0.2) is 6.33 Å². The summed E-state index contributed by atoms with van der Waals surface area (Å²) in [5.74, 6) is 1.45. The Morgan fingerprint density at radius 2 is 2.15 bits per heavy atom. The molecule has 0 radical (unpaired) electrons. The van der Waals surface area contributed by atoms with Crippen molar-refractivity contribution in [3.05, 3.63) is 16.4 Å². The van der Waals surface area contributed by atoms with Crippen LogP contribution in [0.1, 0.15) is 32.6 Å². The van der Waals surface area contributed by atoms with Gasteiger partial charge >= 0.3 is 5.69 Å². The minimum Gasteiger partial charge on any atom is -0.367 e. The molecular formula is C13H21N5O2. The molecule has 1 N–H and O–H groups in total. The first kappa shape index (κ1) is 14.5.